The fraction of sp³-hybridized carbons (Fsp3) is 0.417. The molecule has 3 heterocycles. The predicted octanol–water partition coefficient (Wildman–Crippen LogP) is 2.87. The Kier molecular flexibility index (Phi) is 6.80. The Hall–Kier alpha value is -3.26. The second-order valence-electron chi connectivity index (χ2n) is 8.41. The predicted molar refractivity (Wildman–Crippen MR) is 121 cm³/mol. The summed E-state index contributed by atoms with van der Waals surface area (Å²) in [6, 6.07) is 13.3. The Labute approximate surface area is 188 Å². The minimum absolute atomic E-state index is 0.162. The number of fused-ring (bicyclic) bond motifs is 1. The molecule has 0 fully saturated rings. The van der Waals surface area contributed by atoms with Gasteiger partial charge in [0, 0.05) is 38.8 Å². The van der Waals surface area contributed by atoms with Crippen molar-refractivity contribution in [2.24, 2.45) is 5.92 Å². The highest BCUT2D eigenvalue weighted by molar-refractivity contribution is 5.92. The zero-order valence-electron chi connectivity index (χ0n) is 18.9. The number of pyridine rings is 1. The highest BCUT2D eigenvalue weighted by atomic mass is 16.5. The Bertz CT molecular complexity index is 1030. The number of hydrogen-bond donors (Lipinski definition) is 1. The van der Waals surface area contributed by atoms with E-state index in [1.54, 1.807) is 25.4 Å². The van der Waals surface area contributed by atoms with Gasteiger partial charge in [0.1, 0.15) is 17.3 Å². The van der Waals surface area contributed by atoms with Crippen LogP contribution in [0.4, 0.5) is 0 Å². The van der Waals surface area contributed by atoms with Gasteiger partial charge in [-0.2, -0.15) is 0 Å². The van der Waals surface area contributed by atoms with E-state index in [0.29, 0.717) is 5.69 Å². The largest absolute Gasteiger partial charge is 0.497 e. The van der Waals surface area contributed by atoms with Gasteiger partial charge < -0.3 is 14.6 Å². The number of ether oxygens (including phenoxy) is 1. The summed E-state index contributed by atoms with van der Waals surface area (Å²) in [5, 5.41) is 12.1. The molecule has 4 rings (SSSR count). The van der Waals surface area contributed by atoms with Gasteiger partial charge in [-0.25, -0.2) is 0 Å². The van der Waals surface area contributed by atoms with E-state index in [1.807, 2.05) is 18.2 Å². The second-order valence-corrected chi connectivity index (χ2v) is 8.41. The van der Waals surface area contributed by atoms with Crippen molar-refractivity contribution >= 4 is 5.91 Å². The van der Waals surface area contributed by atoms with Gasteiger partial charge in [-0.3, -0.25) is 14.7 Å². The van der Waals surface area contributed by atoms with Crippen LogP contribution in [0.5, 0.6) is 5.75 Å². The van der Waals surface area contributed by atoms with E-state index in [-0.39, 0.29) is 17.9 Å². The lowest BCUT2D eigenvalue weighted by Gasteiger charge is -2.23. The van der Waals surface area contributed by atoms with Crippen molar-refractivity contribution in [3.8, 4) is 5.75 Å². The zero-order valence-corrected chi connectivity index (χ0v) is 18.9. The van der Waals surface area contributed by atoms with Crippen LogP contribution in [0.15, 0.2) is 48.7 Å². The summed E-state index contributed by atoms with van der Waals surface area (Å²) in [5.41, 5.74) is 1.66. The molecule has 1 aliphatic rings. The average Bonchev–Trinajstić information content (AvgIpc) is 3.11. The maximum atomic E-state index is 12.7. The van der Waals surface area contributed by atoms with Crippen molar-refractivity contribution in [2.75, 3.05) is 20.2 Å². The molecule has 0 radical (unpaired) electrons. The quantitative estimate of drug-likeness (QED) is 0.616. The standard InChI is InChI=1S/C24H30N6O2/c1-17(2)22(26-24(31)20-6-4-5-12-25-20)23-28-27-21-11-13-29(14-15-30(21)23)16-18-7-9-19(32-3)10-8-18/h4-10,12,17,22H,11,13-16H2,1-3H3,(H,26,31)/t22-/m1/s1. The Morgan fingerprint density at radius 2 is 1.91 bits per heavy atom. The lowest BCUT2D eigenvalue weighted by atomic mass is 10.0. The molecule has 1 aromatic carbocycles. The molecule has 1 N–H and O–H groups in total. The van der Waals surface area contributed by atoms with Crippen LogP contribution in [0.1, 0.15) is 47.6 Å². The van der Waals surface area contributed by atoms with Gasteiger partial charge in [0.05, 0.1) is 13.2 Å². The van der Waals surface area contributed by atoms with E-state index < -0.39 is 0 Å². The van der Waals surface area contributed by atoms with E-state index in [2.05, 4.69) is 55.9 Å². The number of nitrogens with zero attached hydrogens (tertiary/aromatic N) is 5. The fourth-order valence-electron chi connectivity index (χ4n) is 4.01. The zero-order chi connectivity index (χ0) is 22.5. The number of rotatable bonds is 7. The molecule has 0 spiro atoms. The minimum Gasteiger partial charge on any atom is -0.497 e. The molecule has 1 amide bonds. The Morgan fingerprint density at radius 1 is 1.09 bits per heavy atom. The SMILES string of the molecule is COc1ccc(CN2CCc3nnc([C@H](NC(=O)c4ccccn4)C(C)C)n3CC2)cc1. The topological polar surface area (TPSA) is 85.2 Å². The summed E-state index contributed by atoms with van der Waals surface area (Å²) in [6.07, 6.45) is 2.45. The van der Waals surface area contributed by atoms with Gasteiger partial charge in [-0.1, -0.05) is 32.0 Å². The summed E-state index contributed by atoms with van der Waals surface area (Å²) in [5.74, 6) is 2.61. The smallest absolute Gasteiger partial charge is 0.270 e. The molecular weight excluding hydrogens is 404 g/mol. The molecule has 1 atom stereocenters. The summed E-state index contributed by atoms with van der Waals surface area (Å²) >= 11 is 0. The number of carbonyl (C=O) groups is 1. The lowest BCUT2D eigenvalue weighted by Crippen LogP contribution is -2.34. The molecule has 32 heavy (non-hydrogen) atoms. The molecule has 0 saturated heterocycles. The van der Waals surface area contributed by atoms with Crippen molar-refractivity contribution in [1.29, 1.82) is 0 Å². The van der Waals surface area contributed by atoms with Crippen molar-refractivity contribution < 1.29 is 9.53 Å². The maximum Gasteiger partial charge on any atom is 0.270 e. The van der Waals surface area contributed by atoms with Crippen molar-refractivity contribution in [1.82, 2.24) is 30.0 Å². The van der Waals surface area contributed by atoms with E-state index in [0.717, 1.165) is 50.0 Å². The van der Waals surface area contributed by atoms with E-state index in [9.17, 15) is 4.79 Å². The number of aromatic nitrogens is 4. The molecule has 168 valence electrons. The van der Waals surface area contributed by atoms with Crippen molar-refractivity contribution in [3.05, 3.63) is 71.6 Å². The second kappa shape index (κ2) is 9.91. The van der Waals surface area contributed by atoms with Crippen molar-refractivity contribution in [2.45, 2.75) is 39.4 Å². The number of nitrogens with one attached hydrogen (secondary N) is 1. The van der Waals surface area contributed by atoms with Crippen LogP contribution >= 0.6 is 0 Å². The molecular formula is C24H30N6O2. The van der Waals surface area contributed by atoms with Gasteiger partial charge in [0.2, 0.25) is 0 Å². The third-order valence-electron chi connectivity index (χ3n) is 5.84. The Morgan fingerprint density at radius 3 is 2.59 bits per heavy atom. The summed E-state index contributed by atoms with van der Waals surface area (Å²) < 4.78 is 7.43. The molecule has 0 aliphatic carbocycles. The van der Waals surface area contributed by atoms with Crippen molar-refractivity contribution in [3.63, 3.8) is 0 Å². The van der Waals surface area contributed by atoms with Gasteiger partial charge in [0.25, 0.3) is 5.91 Å². The molecule has 3 aromatic rings. The molecule has 0 saturated carbocycles. The van der Waals surface area contributed by atoms with E-state index in [4.69, 9.17) is 4.74 Å². The lowest BCUT2D eigenvalue weighted by molar-refractivity contribution is 0.0916. The number of methoxy groups -OCH3 is 1. The molecule has 1 aliphatic heterocycles. The van der Waals surface area contributed by atoms with Crippen LogP contribution in [0, 0.1) is 5.92 Å². The van der Waals surface area contributed by atoms with Gasteiger partial charge in [-0.05, 0) is 35.7 Å². The third-order valence-corrected chi connectivity index (χ3v) is 5.84. The maximum absolute atomic E-state index is 12.7. The minimum atomic E-state index is -0.237. The fourth-order valence-corrected chi connectivity index (χ4v) is 4.01. The first-order chi connectivity index (χ1) is 15.5. The van der Waals surface area contributed by atoms with E-state index in [1.165, 1.54) is 5.56 Å². The van der Waals surface area contributed by atoms with Crippen LogP contribution in [0.2, 0.25) is 0 Å². The molecule has 8 nitrogen and oxygen atoms in total. The monoisotopic (exact) mass is 434 g/mol. The van der Waals surface area contributed by atoms with Crippen LogP contribution < -0.4 is 10.1 Å². The van der Waals surface area contributed by atoms with E-state index >= 15 is 0 Å². The van der Waals surface area contributed by atoms with Gasteiger partial charge >= 0.3 is 0 Å². The molecule has 2 aromatic heterocycles. The van der Waals surface area contributed by atoms with Crippen LogP contribution in [-0.4, -0.2) is 50.8 Å². The first-order valence-corrected chi connectivity index (χ1v) is 11.0. The number of carbonyl (C=O) groups excluding carboxylic acids is 1. The molecule has 0 bridgehead atoms. The third kappa shape index (κ3) is 4.96. The summed E-state index contributed by atoms with van der Waals surface area (Å²) in [4.78, 5) is 19.3. The van der Waals surface area contributed by atoms with Gasteiger partial charge in [-0.15, -0.1) is 10.2 Å². The van der Waals surface area contributed by atoms with Gasteiger partial charge in [0.15, 0.2) is 5.82 Å². The average molecular weight is 435 g/mol. The number of benzene rings is 1. The van der Waals surface area contributed by atoms with Crippen LogP contribution in [-0.2, 0) is 19.5 Å². The van der Waals surface area contributed by atoms with Crippen LogP contribution in [0.25, 0.3) is 0 Å². The number of amides is 1. The highest BCUT2D eigenvalue weighted by Crippen LogP contribution is 2.23. The first kappa shape index (κ1) is 22.0. The first-order valence-electron chi connectivity index (χ1n) is 11.0. The normalized spacial score (nSPS) is 15.1. The Balaban J connectivity index is 1.46. The summed E-state index contributed by atoms with van der Waals surface area (Å²) in [7, 11) is 1.68. The number of hydrogen-bond acceptors (Lipinski definition) is 6. The molecule has 0 unspecified atom stereocenters. The molecule has 8 heteroatoms. The summed E-state index contributed by atoms with van der Waals surface area (Å²) in [6.45, 7) is 7.63. The van der Waals surface area contributed by atoms with Crippen LogP contribution in [0.3, 0.4) is 0 Å². The highest BCUT2D eigenvalue weighted by Gasteiger charge is 2.28.